The fourth-order valence-corrected chi connectivity index (χ4v) is 3.94. The molecule has 0 spiro atoms. The summed E-state index contributed by atoms with van der Waals surface area (Å²) in [6.45, 7) is 5.74. The number of aliphatic hydroxyl groups excluding tert-OH is 1. The third-order valence-electron chi connectivity index (χ3n) is 2.91. The number of β-amino-alcohol motifs (C(OH)–C–C–N with tert-alkyl or cyclic N) is 1. The van der Waals surface area contributed by atoms with Gasteiger partial charge in [-0.05, 0) is 40.9 Å². The van der Waals surface area contributed by atoms with Crippen LogP contribution in [-0.4, -0.2) is 42.4 Å². The van der Waals surface area contributed by atoms with Gasteiger partial charge in [0.2, 0.25) is 0 Å². The number of hydrogen-bond donors (Lipinski definition) is 1. The maximum absolute atomic E-state index is 9.81. The second-order valence-electron chi connectivity index (χ2n) is 4.30. The number of ether oxygens (including phenoxy) is 1. The largest absolute Gasteiger partial charge is 0.389 e. The lowest BCUT2D eigenvalue weighted by molar-refractivity contribution is 0.0189. The van der Waals surface area contributed by atoms with Crippen molar-refractivity contribution in [2.24, 2.45) is 0 Å². The first-order chi connectivity index (χ1) is 8.19. The molecule has 0 aliphatic carbocycles. The van der Waals surface area contributed by atoms with Crippen molar-refractivity contribution in [2.75, 3.05) is 26.3 Å². The number of nitrogens with zero attached hydrogens (tertiary/aromatic N) is 1. The van der Waals surface area contributed by atoms with Crippen molar-refractivity contribution in [3.05, 3.63) is 20.3 Å². The van der Waals surface area contributed by atoms with E-state index in [1.165, 1.54) is 14.2 Å². The molecule has 2 heterocycles. The third kappa shape index (κ3) is 3.76. The summed E-state index contributed by atoms with van der Waals surface area (Å²) in [7, 11) is 0. The lowest BCUT2D eigenvalue weighted by Gasteiger charge is -2.28. The highest BCUT2D eigenvalue weighted by atomic mass is 79.9. The molecule has 0 bridgehead atoms. The lowest BCUT2D eigenvalue weighted by atomic mass is 10.1. The molecule has 17 heavy (non-hydrogen) atoms. The SMILES string of the molecule is CCOCC(O)CN1CCc2cc(Br)sc2C1. The van der Waals surface area contributed by atoms with Gasteiger partial charge in [0.15, 0.2) is 0 Å². The number of rotatable bonds is 5. The van der Waals surface area contributed by atoms with Gasteiger partial charge in [-0.3, -0.25) is 4.90 Å². The summed E-state index contributed by atoms with van der Waals surface area (Å²) in [4.78, 5) is 3.72. The van der Waals surface area contributed by atoms with Crippen molar-refractivity contribution < 1.29 is 9.84 Å². The Morgan fingerprint density at radius 1 is 1.65 bits per heavy atom. The van der Waals surface area contributed by atoms with Crippen molar-refractivity contribution in [3.63, 3.8) is 0 Å². The molecule has 0 saturated heterocycles. The molecule has 0 saturated carbocycles. The summed E-state index contributed by atoms with van der Waals surface area (Å²) in [5, 5.41) is 9.81. The topological polar surface area (TPSA) is 32.7 Å². The predicted octanol–water partition coefficient (Wildman–Crippen LogP) is 2.27. The Hall–Kier alpha value is 0.0600. The normalized spacial score (nSPS) is 18.1. The van der Waals surface area contributed by atoms with Crippen LogP contribution in [0, 0.1) is 0 Å². The minimum Gasteiger partial charge on any atom is -0.389 e. The average Bonchev–Trinajstić information content (AvgIpc) is 2.65. The predicted molar refractivity (Wildman–Crippen MR) is 73.5 cm³/mol. The van der Waals surface area contributed by atoms with Crippen LogP contribution in [-0.2, 0) is 17.7 Å². The first-order valence-electron chi connectivity index (χ1n) is 5.94. The molecule has 1 aromatic rings. The summed E-state index contributed by atoms with van der Waals surface area (Å²) in [6, 6.07) is 2.22. The molecular weight excluding hydrogens is 302 g/mol. The number of fused-ring (bicyclic) bond motifs is 1. The van der Waals surface area contributed by atoms with E-state index in [1.807, 2.05) is 6.92 Å². The fraction of sp³-hybridized carbons (Fsp3) is 0.667. The van der Waals surface area contributed by atoms with E-state index in [1.54, 1.807) is 11.3 Å². The Morgan fingerprint density at radius 3 is 3.24 bits per heavy atom. The molecule has 5 heteroatoms. The summed E-state index contributed by atoms with van der Waals surface area (Å²) >= 11 is 5.33. The van der Waals surface area contributed by atoms with E-state index >= 15 is 0 Å². The highest BCUT2D eigenvalue weighted by Gasteiger charge is 2.20. The molecule has 3 nitrogen and oxygen atoms in total. The number of thiophene rings is 1. The van der Waals surface area contributed by atoms with Crippen molar-refractivity contribution in [1.82, 2.24) is 4.90 Å². The van der Waals surface area contributed by atoms with Gasteiger partial charge in [0.1, 0.15) is 0 Å². The summed E-state index contributed by atoms with van der Waals surface area (Å²) in [6.07, 6.45) is 0.707. The minimum atomic E-state index is -0.375. The zero-order chi connectivity index (χ0) is 12.3. The van der Waals surface area contributed by atoms with E-state index in [0.29, 0.717) is 19.8 Å². The van der Waals surface area contributed by atoms with Gasteiger partial charge in [-0.1, -0.05) is 0 Å². The first kappa shape index (κ1) is 13.5. The second-order valence-corrected chi connectivity index (χ2v) is 6.81. The Balaban J connectivity index is 1.85. The van der Waals surface area contributed by atoms with Crippen LogP contribution in [0.5, 0.6) is 0 Å². The van der Waals surface area contributed by atoms with Gasteiger partial charge >= 0.3 is 0 Å². The van der Waals surface area contributed by atoms with Crippen LogP contribution >= 0.6 is 27.3 Å². The summed E-state index contributed by atoms with van der Waals surface area (Å²) in [5.41, 5.74) is 1.46. The maximum Gasteiger partial charge on any atom is 0.0900 e. The summed E-state index contributed by atoms with van der Waals surface area (Å²) < 4.78 is 6.44. The molecule has 1 atom stereocenters. The Labute approximate surface area is 115 Å². The van der Waals surface area contributed by atoms with E-state index in [4.69, 9.17) is 4.74 Å². The van der Waals surface area contributed by atoms with Gasteiger partial charge in [0.05, 0.1) is 16.5 Å². The Kier molecular flexibility index (Phi) is 4.99. The number of aliphatic hydroxyl groups is 1. The Morgan fingerprint density at radius 2 is 2.47 bits per heavy atom. The van der Waals surface area contributed by atoms with Crippen LogP contribution < -0.4 is 0 Å². The van der Waals surface area contributed by atoms with Crippen LogP contribution in [0.15, 0.2) is 9.85 Å². The minimum absolute atomic E-state index is 0.375. The van der Waals surface area contributed by atoms with Crippen molar-refractivity contribution in [2.45, 2.75) is 26.0 Å². The van der Waals surface area contributed by atoms with Crippen molar-refractivity contribution >= 4 is 27.3 Å². The third-order valence-corrected chi connectivity index (χ3v) is 4.58. The molecule has 1 aromatic heterocycles. The quantitative estimate of drug-likeness (QED) is 0.903. The van der Waals surface area contributed by atoms with Gasteiger partial charge in [-0.15, -0.1) is 11.3 Å². The fourth-order valence-electron chi connectivity index (χ4n) is 2.10. The molecule has 0 fully saturated rings. The van der Waals surface area contributed by atoms with Crippen LogP contribution in [0.2, 0.25) is 0 Å². The number of hydrogen-bond acceptors (Lipinski definition) is 4. The first-order valence-corrected chi connectivity index (χ1v) is 7.55. The molecule has 1 N–H and O–H groups in total. The van der Waals surface area contributed by atoms with Gasteiger partial charge in [0, 0.05) is 31.1 Å². The van der Waals surface area contributed by atoms with Gasteiger partial charge in [-0.2, -0.15) is 0 Å². The Bertz CT molecular complexity index is 369. The molecule has 1 aliphatic heterocycles. The summed E-state index contributed by atoms with van der Waals surface area (Å²) in [5.74, 6) is 0. The van der Waals surface area contributed by atoms with Crippen molar-refractivity contribution in [3.8, 4) is 0 Å². The second kappa shape index (κ2) is 6.29. The van der Waals surface area contributed by atoms with Gasteiger partial charge in [0.25, 0.3) is 0 Å². The smallest absolute Gasteiger partial charge is 0.0900 e. The van der Waals surface area contributed by atoms with Gasteiger partial charge in [-0.25, -0.2) is 0 Å². The highest BCUT2D eigenvalue weighted by Crippen LogP contribution is 2.31. The van der Waals surface area contributed by atoms with Crippen LogP contribution in [0.25, 0.3) is 0 Å². The molecule has 1 unspecified atom stereocenters. The molecule has 1 aliphatic rings. The van der Waals surface area contributed by atoms with E-state index in [-0.39, 0.29) is 6.10 Å². The van der Waals surface area contributed by atoms with E-state index in [0.717, 1.165) is 19.5 Å². The molecule has 2 rings (SSSR count). The van der Waals surface area contributed by atoms with Crippen LogP contribution in [0.1, 0.15) is 17.4 Å². The number of halogens is 1. The zero-order valence-corrected chi connectivity index (χ0v) is 12.4. The molecule has 96 valence electrons. The van der Waals surface area contributed by atoms with E-state index in [9.17, 15) is 5.11 Å². The molecule has 0 amide bonds. The maximum atomic E-state index is 9.81. The van der Waals surface area contributed by atoms with Gasteiger partial charge < -0.3 is 9.84 Å². The molecule has 0 radical (unpaired) electrons. The van der Waals surface area contributed by atoms with Crippen LogP contribution in [0.4, 0.5) is 0 Å². The average molecular weight is 320 g/mol. The van der Waals surface area contributed by atoms with E-state index < -0.39 is 0 Å². The standard InChI is InChI=1S/C12H18BrNO2S/c1-2-16-8-10(15)6-14-4-3-9-5-12(13)17-11(9)7-14/h5,10,15H,2-4,6-8H2,1H3. The highest BCUT2D eigenvalue weighted by molar-refractivity contribution is 9.11. The van der Waals surface area contributed by atoms with E-state index in [2.05, 4.69) is 26.9 Å². The molecular formula is C12H18BrNO2S. The van der Waals surface area contributed by atoms with Crippen LogP contribution in [0.3, 0.4) is 0 Å². The monoisotopic (exact) mass is 319 g/mol. The molecule has 0 aromatic carbocycles. The zero-order valence-electron chi connectivity index (χ0n) is 9.99. The lowest BCUT2D eigenvalue weighted by Crippen LogP contribution is -2.37. The van der Waals surface area contributed by atoms with Crippen molar-refractivity contribution in [1.29, 1.82) is 0 Å².